The number of rotatable bonds is 4. The van der Waals surface area contributed by atoms with Gasteiger partial charge in [0.1, 0.15) is 0 Å². The predicted molar refractivity (Wildman–Crippen MR) is 94.0 cm³/mol. The summed E-state index contributed by atoms with van der Waals surface area (Å²) in [4.78, 5) is 21.7. The molecule has 5 heteroatoms. The Bertz CT molecular complexity index is 325. The van der Waals surface area contributed by atoms with Crippen molar-refractivity contribution < 1.29 is 31.3 Å². The van der Waals surface area contributed by atoms with Crippen LogP contribution in [0.2, 0.25) is 0 Å². The maximum atomic E-state index is 10.8. The van der Waals surface area contributed by atoms with Crippen molar-refractivity contribution in [2.24, 2.45) is 16.2 Å². The van der Waals surface area contributed by atoms with Crippen LogP contribution in [0.1, 0.15) is 60.8 Å². The van der Waals surface area contributed by atoms with E-state index in [0.29, 0.717) is 0 Å². The second kappa shape index (κ2) is 9.83. The fourth-order valence-corrected chi connectivity index (χ4v) is 4.23. The summed E-state index contributed by atoms with van der Waals surface area (Å²) < 4.78 is 0. The fraction of sp³-hybridized carbons (Fsp3) is 0.778. The first-order chi connectivity index (χ1) is 9.07. The molecule has 0 radical (unpaired) electrons. The molecule has 134 valence electrons. The molecule has 0 spiro atoms. The van der Waals surface area contributed by atoms with E-state index in [0.717, 1.165) is 32.1 Å². The van der Waals surface area contributed by atoms with Gasteiger partial charge < -0.3 is 25.5 Å². The first-order valence-corrected chi connectivity index (χ1v) is 7.47. The molecule has 0 aromatic carbocycles. The van der Waals surface area contributed by atoms with Gasteiger partial charge in [-0.05, 0) is 35.5 Å². The number of nitrogens with one attached hydrogen (secondary N) is 2. The van der Waals surface area contributed by atoms with Crippen LogP contribution in [0.4, 0.5) is 0 Å². The molecule has 2 atom stereocenters. The van der Waals surface area contributed by atoms with Gasteiger partial charge in [-0.1, -0.05) is 41.5 Å². The predicted octanol–water partition coefficient (Wildman–Crippen LogP) is 3.38. The van der Waals surface area contributed by atoms with Gasteiger partial charge in [0.05, 0.1) is 0 Å². The van der Waals surface area contributed by atoms with Crippen molar-refractivity contribution in [3.63, 3.8) is 0 Å². The molecule has 2 N–H and O–H groups in total. The SMILES string of the molecule is CC(C)(C)C1(C(C)(C)C)CC(NC=O)CC(NC=O)C1.[CH3-].[CH3-].[Ti+2]. The summed E-state index contributed by atoms with van der Waals surface area (Å²) in [6.07, 6.45) is 4.28. The maximum Gasteiger partial charge on any atom is 2.00 e. The summed E-state index contributed by atoms with van der Waals surface area (Å²) >= 11 is 0. The van der Waals surface area contributed by atoms with E-state index in [1.807, 2.05) is 0 Å². The summed E-state index contributed by atoms with van der Waals surface area (Å²) in [7, 11) is 0. The molecular weight excluding hydrogens is 324 g/mol. The minimum absolute atomic E-state index is 0. The van der Waals surface area contributed by atoms with E-state index < -0.39 is 0 Å². The monoisotopic (exact) mass is 360 g/mol. The molecule has 0 aromatic heterocycles. The topological polar surface area (TPSA) is 58.2 Å². The third-order valence-electron chi connectivity index (χ3n) is 5.24. The smallest absolute Gasteiger partial charge is 0.358 e. The van der Waals surface area contributed by atoms with Gasteiger partial charge in [-0.25, -0.2) is 0 Å². The average Bonchev–Trinajstić information content (AvgIpc) is 2.26. The van der Waals surface area contributed by atoms with E-state index in [2.05, 4.69) is 52.2 Å². The number of amides is 2. The van der Waals surface area contributed by atoms with E-state index in [-0.39, 0.29) is 64.9 Å². The Morgan fingerprint density at radius 3 is 1.35 bits per heavy atom. The van der Waals surface area contributed by atoms with Crippen LogP contribution in [0, 0.1) is 31.1 Å². The molecule has 0 saturated heterocycles. The van der Waals surface area contributed by atoms with Crippen LogP contribution in [0.5, 0.6) is 0 Å². The average molecular weight is 360 g/mol. The molecule has 1 aliphatic carbocycles. The van der Waals surface area contributed by atoms with Crippen LogP contribution in [0.15, 0.2) is 0 Å². The Morgan fingerprint density at radius 1 is 0.826 bits per heavy atom. The van der Waals surface area contributed by atoms with Crippen molar-refractivity contribution in [3.8, 4) is 0 Å². The Balaban J connectivity index is -0.00000133. The normalized spacial score (nSPS) is 23.2. The minimum atomic E-state index is 0. The third-order valence-corrected chi connectivity index (χ3v) is 5.24. The van der Waals surface area contributed by atoms with Gasteiger partial charge in [0.15, 0.2) is 0 Å². The van der Waals surface area contributed by atoms with Crippen LogP contribution in [0.25, 0.3) is 0 Å². The van der Waals surface area contributed by atoms with Crippen LogP contribution in [-0.2, 0) is 31.3 Å². The van der Waals surface area contributed by atoms with E-state index in [4.69, 9.17) is 0 Å². The molecule has 1 rings (SSSR count). The van der Waals surface area contributed by atoms with Crippen molar-refractivity contribution in [1.29, 1.82) is 0 Å². The number of carbonyl (C=O) groups is 2. The molecule has 1 saturated carbocycles. The van der Waals surface area contributed by atoms with Crippen LogP contribution >= 0.6 is 0 Å². The van der Waals surface area contributed by atoms with Crippen molar-refractivity contribution in [2.75, 3.05) is 0 Å². The summed E-state index contributed by atoms with van der Waals surface area (Å²) in [5.41, 5.74) is 0.244. The van der Waals surface area contributed by atoms with Crippen molar-refractivity contribution in [1.82, 2.24) is 10.6 Å². The molecule has 1 fully saturated rings. The van der Waals surface area contributed by atoms with Crippen molar-refractivity contribution in [2.45, 2.75) is 72.9 Å². The van der Waals surface area contributed by atoms with Crippen molar-refractivity contribution in [3.05, 3.63) is 14.9 Å². The van der Waals surface area contributed by atoms with E-state index >= 15 is 0 Å². The summed E-state index contributed by atoms with van der Waals surface area (Å²) in [6.45, 7) is 13.6. The van der Waals surface area contributed by atoms with Gasteiger partial charge in [-0.15, -0.1) is 0 Å². The maximum absolute atomic E-state index is 10.8. The molecule has 0 aliphatic heterocycles. The first kappa shape index (κ1) is 27.5. The standard InChI is InChI=1S/C16H30N2O2.2CH3.Ti/c1-14(2,3)16(15(4,5)6)8-12(17-10-19)7-13(9-16)18-11-20;;;/h10-13H,7-9H2,1-6H3,(H,17,19)(H,18,20);2*1H3;/q;2*-1;+2. The minimum Gasteiger partial charge on any atom is -0.358 e. The zero-order valence-corrected chi connectivity index (χ0v) is 17.8. The fourth-order valence-electron chi connectivity index (χ4n) is 4.23. The third kappa shape index (κ3) is 5.90. The summed E-state index contributed by atoms with van der Waals surface area (Å²) in [5.74, 6) is 0. The van der Waals surface area contributed by atoms with E-state index in [9.17, 15) is 9.59 Å². The largest absolute Gasteiger partial charge is 2.00 e. The molecule has 23 heavy (non-hydrogen) atoms. The van der Waals surface area contributed by atoms with Gasteiger partial charge in [0, 0.05) is 12.1 Å². The van der Waals surface area contributed by atoms with E-state index in [1.54, 1.807) is 0 Å². The summed E-state index contributed by atoms with van der Waals surface area (Å²) in [5, 5.41) is 5.87. The van der Waals surface area contributed by atoms with Gasteiger partial charge in [0.2, 0.25) is 12.8 Å². The summed E-state index contributed by atoms with van der Waals surface area (Å²) in [6, 6.07) is 0.245. The first-order valence-electron chi connectivity index (χ1n) is 7.47. The van der Waals surface area contributed by atoms with E-state index in [1.165, 1.54) is 0 Å². The van der Waals surface area contributed by atoms with Crippen LogP contribution < -0.4 is 10.6 Å². The Hall–Kier alpha value is -0.346. The van der Waals surface area contributed by atoms with Gasteiger partial charge >= 0.3 is 21.7 Å². The quantitative estimate of drug-likeness (QED) is 0.459. The second-order valence-corrected chi connectivity index (χ2v) is 8.19. The second-order valence-electron chi connectivity index (χ2n) is 8.19. The Kier molecular flexibility index (Phi) is 11.8. The van der Waals surface area contributed by atoms with Gasteiger partial charge in [0.25, 0.3) is 0 Å². The zero-order valence-electron chi connectivity index (χ0n) is 16.2. The van der Waals surface area contributed by atoms with Crippen LogP contribution in [0.3, 0.4) is 0 Å². The molecular formula is C18H36N2O2Ti. The van der Waals surface area contributed by atoms with Crippen molar-refractivity contribution >= 4 is 12.8 Å². The number of hydrogen-bond donors (Lipinski definition) is 2. The van der Waals surface area contributed by atoms with Gasteiger partial charge in [-0.2, -0.15) is 0 Å². The van der Waals surface area contributed by atoms with Crippen LogP contribution in [-0.4, -0.2) is 24.9 Å². The number of hydrogen-bond acceptors (Lipinski definition) is 2. The Morgan fingerprint density at radius 2 is 1.13 bits per heavy atom. The Labute approximate surface area is 158 Å². The molecule has 0 bridgehead atoms. The molecule has 1 aliphatic rings. The molecule has 0 heterocycles. The zero-order chi connectivity index (χ0) is 15.6. The van der Waals surface area contributed by atoms with Gasteiger partial charge in [-0.3, -0.25) is 9.59 Å². The number of carbonyl (C=O) groups excluding carboxylic acids is 2. The molecule has 2 unspecified atom stereocenters. The molecule has 4 nitrogen and oxygen atoms in total. The molecule has 2 amide bonds. The molecule has 0 aromatic rings.